The Morgan fingerprint density at radius 1 is 1.38 bits per heavy atom. The van der Waals surface area contributed by atoms with E-state index in [0.717, 1.165) is 29.2 Å². The Bertz CT molecular complexity index is 966. The van der Waals surface area contributed by atoms with Crippen molar-refractivity contribution in [3.8, 4) is 11.3 Å². The smallest absolute Gasteiger partial charge is 0.272 e. The van der Waals surface area contributed by atoms with Gasteiger partial charge in [-0.1, -0.05) is 19.9 Å². The fourth-order valence-corrected chi connectivity index (χ4v) is 5.01. The number of hydrogen-bond donors (Lipinski definition) is 1. The molecule has 1 aliphatic heterocycles. The van der Waals surface area contributed by atoms with Crippen molar-refractivity contribution < 1.29 is 4.79 Å². The van der Waals surface area contributed by atoms with Gasteiger partial charge in [0.2, 0.25) is 0 Å². The lowest BCUT2D eigenvalue weighted by Crippen LogP contribution is -2.57. The molecule has 1 aliphatic rings. The first-order valence-electron chi connectivity index (χ1n) is 8.70. The Balaban J connectivity index is 1.63. The third-order valence-electron chi connectivity index (χ3n) is 5.28. The molecule has 136 valence electrons. The lowest BCUT2D eigenvalue weighted by atomic mass is 9.74. The lowest BCUT2D eigenvalue weighted by Gasteiger charge is -2.53. The second-order valence-corrected chi connectivity index (χ2v) is 8.66. The monoisotopic (exact) mass is 369 g/mol. The highest BCUT2D eigenvalue weighted by molar-refractivity contribution is 7.10. The largest absolute Gasteiger partial charge is 0.328 e. The Kier molecular flexibility index (Phi) is 3.80. The second kappa shape index (κ2) is 5.81. The van der Waals surface area contributed by atoms with Gasteiger partial charge in [-0.05, 0) is 31.4 Å². The molecule has 0 saturated carbocycles. The average molecular weight is 369 g/mol. The molecule has 0 bridgehead atoms. The highest BCUT2D eigenvalue weighted by Crippen LogP contribution is 2.50. The average Bonchev–Trinajstić information content (AvgIpc) is 3.28. The quantitative estimate of drug-likeness (QED) is 0.765. The van der Waals surface area contributed by atoms with Gasteiger partial charge in [-0.2, -0.15) is 10.2 Å². The van der Waals surface area contributed by atoms with Crippen LogP contribution in [-0.2, 0) is 7.05 Å². The van der Waals surface area contributed by atoms with E-state index in [1.165, 1.54) is 4.88 Å². The van der Waals surface area contributed by atoms with E-state index in [2.05, 4.69) is 40.6 Å². The first-order valence-corrected chi connectivity index (χ1v) is 9.58. The normalized spacial score (nSPS) is 18.8. The third-order valence-corrected chi connectivity index (χ3v) is 6.20. The summed E-state index contributed by atoms with van der Waals surface area (Å²) < 4.78 is 1.84. The van der Waals surface area contributed by atoms with Crippen LogP contribution < -0.4 is 0 Å². The van der Waals surface area contributed by atoms with Crippen LogP contribution in [0.1, 0.15) is 46.6 Å². The van der Waals surface area contributed by atoms with Crippen molar-refractivity contribution in [1.82, 2.24) is 24.9 Å². The minimum atomic E-state index is 0.000622. The first-order chi connectivity index (χ1) is 12.3. The fourth-order valence-electron chi connectivity index (χ4n) is 3.96. The number of hydrogen-bond acceptors (Lipinski definition) is 4. The molecule has 1 unspecified atom stereocenters. The number of rotatable bonds is 3. The van der Waals surface area contributed by atoms with Crippen molar-refractivity contribution in [1.29, 1.82) is 0 Å². The zero-order chi connectivity index (χ0) is 18.6. The zero-order valence-electron chi connectivity index (χ0n) is 15.7. The van der Waals surface area contributed by atoms with E-state index in [9.17, 15) is 4.79 Å². The van der Waals surface area contributed by atoms with Gasteiger partial charge in [0, 0.05) is 35.1 Å². The predicted octanol–water partition coefficient (Wildman–Crippen LogP) is 3.71. The number of nitrogens with zero attached hydrogens (tertiary/aromatic N) is 4. The maximum atomic E-state index is 13.1. The molecule has 1 fully saturated rings. The van der Waals surface area contributed by atoms with E-state index < -0.39 is 0 Å². The predicted molar refractivity (Wildman–Crippen MR) is 102 cm³/mol. The molecule has 4 rings (SSSR count). The van der Waals surface area contributed by atoms with Crippen molar-refractivity contribution in [2.45, 2.75) is 33.7 Å². The van der Waals surface area contributed by atoms with Crippen molar-refractivity contribution in [3.05, 3.63) is 45.5 Å². The van der Waals surface area contributed by atoms with Gasteiger partial charge in [-0.25, -0.2) is 0 Å². The van der Waals surface area contributed by atoms with Gasteiger partial charge in [0.1, 0.15) is 5.69 Å². The van der Waals surface area contributed by atoms with E-state index in [1.807, 2.05) is 42.6 Å². The van der Waals surface area contributed by atoms with Crippen LogP contribution in [0.5, 0.6) is 0 Å². The minimum Gasteiger partial charge on any atom is -0.328 e. The van der Waals surface area contributed by atoms with Gasteiger partial charge < -0.3 is 4.90 Å². The topological polar surface area (TPSA) is 66.8 Å². The molecular weight excluding hydrogens is 346 g/mol. The Hall–Kier alpha value is -2.41. The number of carbonyl (C=O) groups is 1. The Morgan fingerprint density at radius 2 is 2.15 bits per heavy atom. The van der Waals surface area contributed by atoms with Crippen molar-refractivity contribution in [2.24, 2.45) is 12.5 Å². The number of thiophene rings is 1. The van der Waals surface area contributed by atoms with E-state index in [4.69, 9.17) is 0 Å². The van der Waals surface area contributed by atoms with Gasteiger partial charge in [-0.3, -0.25) is 14.6 Å². The molecule has 4 heterocycles. The van der Waals surface area contributed by atoms with Crippen LogP contribution in [0.3, 0.4) is 0 Å². The van der Waals surface area contributed by atoms with Crippen molar-refractivity contribution in [2.75, 3.05) is 6.54 Å². The summed E-state index contributed by atoms with van der Waals surface area (Å²) in [7, 11) is 1.92. The molecule has 1 saturated heterocycles. The Labute approximate surface area is 156 Å². The van der Waals surface area contributed by atoms with Crippen molar-refractivity contribution >= 4 is 17.2 Å². The van der Waals surface area contributed by atoms with Crippen LogP contribution in [0.2, 0.25) is 0 Å². The molecule has 26 heavy (non-hydrogen) atoms. The van der Waals surface area contributed by atoms with Crippen LogP contribution in [-0.4, -0.2) is 37.3 Å². The SMILES string of the molecule is Cc1nn(C)c(C)c1-c1cc(C(=O)N2CC(C)(C)C2c2cccs2)[nH]n1. The zero-order valence-corrected chi connectivity index (χ0v) is 16.5. The molecule has 7 heteroatoms. The molecule has 0 spiro atoms. The number of amides is 1. The molecule has 6 nitrogen and oxygen atoms in total. The number of aryl methyl sites for hydroxylation is 2. The summed E-state index contributed by atoms with van der Waals surface area (Å²) in [6, 6.07) is 6.11. The summed E-state index contributed by atoms with van der Waals surface area (Å²) in [6.45, 7) is 9.14. The molecule has 1 atom stereocenters. The highest BCUT2D eigenvalue weighted by atomic mass is 32.1. The van der Waals surface area contributed by atoms with Crippen LogP contribution >= 0.6 is 11.3 Å². The van der Waals surface area contributed by atoms with Gasteiger partial charge in [0.25, 0.3) is 5.91 Å². The van der Waals surface area contributed by atoms with Gasteiger partial charge in [0.15, 0.2) is 0 Å². The lowest BCUT2D eigenvalue weighted by molar-refractivity contribution is -0.0309. The standard InChI is InChI=1S/C19H23N5OS/c1-11-16(12(2)23(5)22-11)13-9-14(21-20-13)18(25)24-10-19(3,4)17(24)15-7-6-8-26-15/h6-9,17H,10H2,1-5H3,(H,20,21). The maximum absolute atomic E-state index is 13.1. The highest BCUT2D eigenvalue weighted by Gasteiger charge is 2.49. The number of carbonyl (C=O) groups excluding carboxylic acids is 1. The van der Waals surface area contributed by atoms with Crippen LogP contribution in [0.15, 0.2) is 23.6 Å². The van der Waals surface area contributed by atoms with Crippen LogP contribution in [0.25, 0.3) is 11.3 Å². The summed E-state index contributed by atoms with van der Waals surface area (Å²) >= 11 is 1.70. The molecule has 0 aromatic carbocycles. The maximum Gasteiger partial charge on any atom is 0.272 e. The number of aromatic nitrogens is 4. The molecule has 0 radical (unpaired) electrons. The number of aromatic amines is 1. The van der Waals surface area contributed by atoms with Gasteiger partial charge in [0.05, 0.1) is 17.4 Å². The summed E-state index contributed by atoms with van der Waals surface area (Å²) in [6.07, 6.45) is 0. The van der Waals surface area contributed by atoms with Gasteiger partial charge in [-0.15, -0.1) is 11.3 Å². The van der Waals surface area contributed by atoms with Crippen molar-refractivity contribution in [3.63, 3.8) is 0 Å². The van der Waals surface area contributed by atoms with Gasteiger partial charge >= 0.3 is 0 Å². The Morgan fingerprint density at radius 3 is 2.73 bits per heavy atom. The molecule has 0 aliphatic carbocycles. The van der Waals surface area contributed by atoms with Crippen LogP contribution in [0, 0.1) is 19.3 Å². The van der Waals surface area contributed by atoms with E-state index >= 15 is 0 Å². The molecule has 3 aromatic heterocycles. The van der Waals surface area contributed by atoms with E-state index in [-0.39, 0.29) is 17.4 Å². The molecular formula is C19H23N5OS. The minimum absolute atomic E-state index is 0.000622. The van der Waals surface area contributed by atoms with E-state index in [0.29, 0.717) is 5.69 Å². The number of nitrogens with one attached hydrogen (secondary N) is 1. The molecule has 3 aromatic rings. The molecule has 1 amide bonds. The number of likely N-dealkylation sites (tertiary alicyclic amines) is 1. The van der Waals surface area contributed by atoms with E-state index in [1.54, 1.807) is 11.3 Å². The summed E-state index contributed by atoms with van der Waals surface area (Å²) in [4.78, 5) is 16.2. The summed E-state index contributed by atoms with van der Waals surface area (Å²) in [5.41, 5.74) is 4.32. The third kappa shape index (κ3) is 2.49. The molecule has 1 N–H and O–H groups in total. The first kappa shape index (κ1) is 17.0. The fraction of sp³-hybridized carbons (Fsp3) is 0.421. The summed E-state index contributed by atoms with van der Waals surface area (Å²) in [5.74, 6) is 0.000622. The second-order valence-electron chi connectivity index (χ2n) is 7.68. The number of H-pyrrole nitrogens is 1. The summed E-state index contributed by atoms with van der Waals surface area (Å²) in [5, 5.41) is 13.8. The van der Waals surface area contributed by atoms with Crippen LogP contribution in [0.4, 0.5) is 0 Å².